The highest BCUT2D eigenvalue weighted by atomic mass is 16.7. The predicted octanol–water partition coefficient (Wildman–Crippen LogP) is 3.98. The van der Waals surface area contributed by atoms with E-state index in [0.29, 0.717) is 12.6 Å². The van der Waals surface area contributed by atoms with Crippen molar-refractivity contribution in [1.29, 1.82) is 0 Å². The number of hydroxylamine groups is 2. The van der Waals surface area contributed by atoms with Crippen LogP contribution < -0.4 is 0 Å². The number of likely N-dealkylation sites (N-methyl/N-ethyl adjacent to an activating group) is 1. The van der Waals surface area contributed by atoms with Gasteiger partial charge in [0.1, 0.15) is 6.23 Å². The Morgan fingerprint density at radius 2 is 2.00 bits per heavy atom. The second kappa shape index (κ2) is 10.9. The summed E-state index contributed by atoms with van der Waals surface area (Å²) in [5, 5.41) is 14.4. The summed E-state index contributed by atoms with van der Waals surface area (Å²) in [7, 11) is 6.30. The van der Waals surface area contributed by atoms with Crippen molar-refractivity contribution in [3.63, 3.8) is 0 Å². The van der Waals surface area contributed by atoms with E-state index in [2.05, 4.69) is 80.2 Å². The number of rotatable bonds is 8. The van der Waals surface area contributed by atoms with Crippen LogP contribution in [0.4, 0.5) is 0 Å². The van der Waals surface area contributed by atoms with Crippen molar-refractivity contribution in [2.24, 2.45) is 5.92 Å². The lowest BCUT2D eigenvalue weighted by atomic mass is 9.79. The summed E-state index contributed by atoms with van der Waals surface area (Å²) in [5.74, 6) is -0.00625. The number of nitrogens with one attached hydrogen (secondary N) is 1. The summed E-state index contributed by atoms with van der Waals surface area (Å²) in [6.07, 6.45) is 5.74. The lowest BCUT2D eigenvalue weighted by molar-refractivity contribution is -0.267. The Hall–Kier alpha value is -1.70. The van der Waals surface area contributed by atoms with E-state index in [1.54, 1.807) is 5.06 Å². The van der Waals surface area contributed by atoms with Gasteiger partial charge in [0, 0.05) is 41.6 Å². The quantitative estimate of drug-likeness (QED) is 0.368. The Kier molecular flexibility index (Phi) is 8.53. The number of aliphatic hydroxyl groups excluding tert-OH is 1. The van der Waals surface area contributed by atoms with E-state index in [1.165, 1.54) is 27.6 Å². The van der Waals surface area contributed by atoms with Crippen molar-refractivity contribution in [3.05, 3.63) is 41.6 Å². The summed E-state index contributed by atoms with van der Waals surface area (Å²) in [6, 6.07) is 6.94. The largest absolute Gasteiger partial charge is 0.376 e. The second-order valence-corrected chi connectivity index (χ2v) is 9.34. The maximum absolute atomic E-state index is 11.3. The van der Waals surface area contributed by atoms with Crippen LogP contribution in [0.3, 0.4) is 0 Å². The summed E-state index contributed by atoms with van der Waals surface area (Å²) in [4.78, 5) is 14.0. The van der Waals surface area contributed by atoms with Gasteiger partial charge < -0.3 is 15.0 Å². The van der Waals surface area contributed by atoms with E-state index in [4.69, 9.17) is 4.84 Å². The fourth-order valence-electron chi connectivity index (χ4n) is 4.94. The maximum Gasteiger partial charge on any atom is 0.137 e. The summed E-state index contributed by atoms with van der Waals surface area (Å²) in [5.41, 5.74) is 5.22. The predicted molar refractivity (Wildman–Crippen MR) is 133 cm³/mol. The molecule has 0 spiro atoms. The van der Waals surface area contributed by atoms with Crippen LogP contribution in [-0.4, -0.2) is 84.1 Å². The molecule has 3 atom stereocenters. The van der Waals surface area contributed by atoms with Crippen LogP contribution in [0.2, 0.25) is 0 Å². The lowest BCUT2D eigenvalue weighted by Gasteiger charge is -2.43. The third-order valence-corrected chi connectivity index (χ3v) is 6.44. The normalized spacial score (nSPS) is 21.5. The molecule has 0 radical (unpaired) electrons. The minimum absolute atomic E-state index is 0.00625. The van der Waals surface area contributed by atoms with Gasteiger partial charge in [0.2, 0.25) is 0 Å². The third-order valence-electron chi connectivity index (χ3n) is 6.44. The zero-order valence-corrected chi connectivity index (χ0v) is 20.9. The molecule has 0 amide bonds. The first kappa shape index (κ1) is 24.9. The number of hydrogen-bond donors (Lipinski definition) is 2. The lowest BCUT2D eigenvalue weighted by Crippen LogP contribution is -2.51. The highest BCUT2D eigenvalue weighted by Gasteiger charge is 2.37. The van der Waals surface area contributed by atoms with Crippen LogP contribution in [-0.2, 0) is 11.3 Å². The third kappa shape index (κ3) is 5.10. The minimum Gasteiger partial charge on any atom is -0.376 e. The zero-order chi connectivity index (χ0) is 23.4. The molecule has 6 nitrogen and oxygen atoms in total. The molecule has 2 aliphatic rings. The standard InChI is InChI=1S/C24H36N4O2.C2H6/c1-16(2)28(30-11-7-10-26(3)4)24(29)18-12-20-19-8-6-9-21-23(19)17(14-25-21)13-22(20)27(5)15-18;1-2/h6,8-9,12,14,16,18,22,24-25,29H,7,10-11,13,15H2,1-5H3;1-2H3/t18-,22-,24?;/m1./s1. The number of H-pyrrole nitrogens is 1. The monoisotopic (exact) mass is 442 g/mol. The number of aliphatic hydroxyl groups is 1. The molecule has 2 heterocycles. The molecule has 0 bridgehead atoms. The Bertz CT molecular complexity index is 904. The fourth-order valence-corrected chi connectivity index (χ4v) is 4.94. The summed E-state index contributed by atoms with van der Waals surface area (Å²) in [6.45, 7) is 10.6. The average Bonchev–Trinajstić information content (AvgIpc) is 3.19. The minimum atomic E-state index is -0.674. The van der Waals surface area contributed by atoms with Crippen molar-refractivity contribution in [2.45, 2.75) is 58.8 Å². The van der Waals surface area contributed by atoms with E-state index >= 15 is 0 Å². The van der Waals surface area contributed by atoms with Gasteiger partial charge in [-0.15, -0.1) is 0 Å². The van der Waals surface area contributed by atoms with E-state index in [-0.39, 0.29) is 12.0 Å². The average molecular weight is 443 g/mol. The first-order valence-corrected chi connectivity index (χ1v) is 12.1. The fraction of sp³-hybridized carbons (Fsp3) is 0.615. The van der Waals surface area contributed by atoms with Crippen LogP contribution in [0, 0.1) is 5.92 Å². The van der Waals surface area contributed by atoms with Crippen molar-refractivity contribution in [2.75, 3.05) is 40.8 Å². The first-order valence-electron chi connectivity index (χ1n) is 12.1. The van der Waals surface area contributed by atoms with Gasteiger partial charge in [-0.2, -0.15) is 5.06 Å². The topological polar surface area (TPSA) is 55.0 Å². The molecule has 0 saturated carbocycles. The molecule has 1 aliphatic heterocycles. The van der Waals surface area contributed by atoms with Crippen molar-refractivity contribution in [3.8, 4) is 0 Å². The molecule has 1 unspecified atom stereocenters. The van der Waals surface area contributed by atoms with Gasteiger partial charge >= 0.3 is 0 Å². The maximum atomic E-state index is 11.3. The van der Waals surface area contributed by atoms with E-state index in [0.717, 1.165) is 25.9 Å². The molecule has 178 valence electrons. The number of hydrogen-bond acceptors (Lipinski definition) is 5. The van der Waals surface area contributed by atoms with Gasteiger partial charge in [-0.3, -0.25) is 9.74 Å². The number of nitrogens with zero attached hydrogens (tertiary/aromatic N) is 3. The molecule has 1 aliphatic carbocycles. The van der Waals surface area contributed by atoms with Gasteiger partial charge in [0.15, 0.2) is 0 Å². The van der Waals surface area contributed by atoms with Gasteiger partial charge in [0.05, 0.1) is 6.61 Å². The molecular formula is C26H42N4O2. The van der Waals surface area contributed by atoms with Gasteiger partial charge in [0.25, 0.3) is 0 Å². The molecular weight excluding hydrogens is 400 g/mol. The Labute approximate surface area is 193 Å². The highest BCUT2D eigenvalue weighted by Crippen LogP contribution is 2.41. The highest BCUT2D eigenvalue weighted by molar-refractivity contribution is 5.98. The van der Waals surface area contributed by atoms with Gasteiger partial charge in [-0.1, -0.05) is 32.1 Å². The van der Waals surface area contributed by atoms with Crippen LogP contribution in [0.15, 0.2) is 30.5 Å². The van der Waals surface area contributed by atoms with Crippen molar-refractivity contribution >= 4 is 16.5 Å². The molecule has 0 saturated heterocycles. The van der Waals surface area contributed by atoms with E-state index in [1.807, 2.05) is 13.8 Å². The number of aromatic amines is 1. The Balaban J connectivity index is 0.00000141. The molecule has 2 aromatic rings. The number of benzene rings is 1. The van der Waals surface area contributed by atoms with Crippen LogP contribution in [0.25, 0.3) is 16.5 Å². The van der Waals surface area contributed by atoms with Crippen molar-refractivity contribution < 1.29 is 9.94 Å². The molecule has 4 rings (SSSR count). The van der Waals surface area contributed by atoms with Crippen LogP contribution >= 0.6 is 0 Å². The first-order chi connectivity index (χ1) is 15.4. The second-order valence-electron chi connectivity index (χ2n) is 9.34. The molecule has 1 aromatic heterocycles. The molecule has 6 heteroatoms. The molecule has 32 heavy (non-hydrogen) atoms. The Morgan fingerprint density at radius 1 is 1.25 bits per heavy atom. The van der Waals surface area contributed by atoms with Crippen LogP contribution in [0.1, 0.15) is 45.2 Å². The Morgan fingerprint density at radius 3 is 2.69 bits per heavy atom. The molecule has 0 fully saturated rings. The molecule has 2 N–H and O–H groups in total. The summed E-state index contributed by atoms with van der Waals surface area (Å²) < 4.78 is 0. The van der Waals surface area contributed by atoms with Gasteiger partial charge in [-0.05, 0) is 77.1 Å². The SMILES string of the molecule is CC.CC(C)N(OCCCN(C)C)C(O)[C@@H]1C=C2c3cccc4[nH]cc(c34)C[C@H]2N(C)C1. The van der Waals surface area contributed by atoms with Crippen LogP contribution in [0.5, 0.6) is 0 Å². The van der Waals surface area contributed by atoms with E-state index < -0.39 is 6.23 Å². The number of aromatic nitrogens is 1. The van der Waals surface area contributed by atoms with E-state index in [9.17, 15) is 5.11 Å². The smallest absolute Gasteiger partial charge is 0.137 e. The zero-order valence-electron chi connectivity index (χ0n) is 20.9. The van der Waals surface area contributed by atoms with Crippen molar-refractivity contribution in [1.82, 2.24) is 19.8 Å². The molecule has 1 aromatic carbocycles. The van der Waals surface area contributed by atoms with Gasteiger partial charge in [-0.25, -0.2) is 0 Å². The summed E-state index contributed by atoms with van der Waals surface area (Å²) >= 11 is 0. The number of fused-ring (bicyclic) bond motifs is 2.